The lowest BCUT2D eigenvalue weighted by molar-refractivity contribution is 0.433. The normalized spacial score (nSPS) is 13.2. The highest BCUT2D eigenvalue weighted by Crippen LogP contribution is 2.25. The lowest BCUT2D eigenvalue weighted by atomic mass is 9.84. The second-order valence-corrected chi connectivity index (χ2v) is 4.74. The van der Waals surface area contributed by atoms with E-state index in [1.54, 1.807) is 6.92 Å². The maximum absolute atomic E-state index is 13.6. The van der Waals surface area contributed by atoms with Crippen LogP contribution in [0.25, 0.3) is 0 Å². The summed E-state index contributed by atoms with van der Waals surface area (Å²) in [6, 6.07) is 5.33. The minimum Gasteiger partial charge on any atom is -0.301 e. The molecule has 17 heavy (non-hydrogen) atoms. The van der Waals surface area contributed by atoms with Crippen molar-refractivity contribution in [2.24, 2.45) is 0 Å². The molecule has 0 amide bonds. The van der Waals surface area contributed by atoms with Gasteiger partial charge in [-0.3, -0.25) is 0 Å². The van der Waals surface area contributed by atoms with E-state index in [1.165, 1.54) is 12.1 Å². The second-order valence-electron chi connectivity index (χ2n) is 4.74. The third-order valence-electron chi connectivity index (χ3n) is 2.70. The van der Waals surface area contributed by atoms with Gasteiger partial charge in [-0.05, 0) is 18.6 Å². The Morgan fingerprint density at radius 2 is 2.06 bits per heavy atom. The van der Waals surface area contributed by atoms with Crippen LogP contribution in [0.1, 0.15) is 26.3 Å². The van der Waals surface area contributed by atoms with Crippen molar-refractivity contribution in [1.82, 2.24) is 5.32 Å². The summed E-state index contributed by atoms with van der Waals surface area (Å²) >= 11 is 0. The molecule has 0 saturated carbocycles. The van der Waals surface area contributed by atoms with Gasteiger partial charge in [-0.2, -0.15) is 5.26 Å². The van der Waals surface area contributed by atoms with E-state index in [2.05, 4.69) is 5.32 Å². The van der Waals surface area contributed by atoms with Crippen LogP contribution in [0, 0.1) is 23.0 Å². The van der Waals surface area contributed by atoms with E-state index in [-0.39, 0.29) is 6.04 Å². The van der Waals surface area contributed by atoms with Crippen LogP contribution in [0.15, 0.2) is 18.2 Å². The standard InChI is InChI=1S/C13H16F2N2/c1-9(7-16)17-8-13(2,3)11-5-4-10(14)6-12(11)15/h4-6,9,17H,8H2,1-3H3. The number of nitrogens with zero attached hydrogens (tertiary/aromatic N) is 1. The zero-order valence-corrected chi connectivity index (χ0v) is 10.2. The van der Waals surface area contributed by atoms with Crippen molar-refractivity contribution in [3.63, 3.8) is 0 Å². The number of benzene rings is 1. The first-order chi connectivity index (χ1) is 7.86. The molecule has 0 saturated heterocycles. The minimum atomic E-state index is -0.583. The molecule has 0 aromatic heterocycles. The van der Waals surface area contributed by atoms with Gasteiger partial charge in [-0.25, -0.2) is 8.78 Å². The highest BCUT2D eigenvalue weighted by Gasteiger charge is 2.24. The van der Waals surface area contributed by atoms with Crippen molar-refractivity contribution in [2.75, 3.05) is 6.54 Å². The topological polar surface area (TPSA) is 35.8 Å². The van der Waals surface area contributed by atoms with Gasteiger partial charge in [0.2, 0.25) is 0 Å². The molecular formula is C13H16F2N2. The first-order valence-electron chi connectivity index (χ1n) is 5.45. The Bertz CT molecular complexity index is 436. The third-order valence-corrected chi connectivity index (χ3v) is 2.70. The molecule has 2 nitrogen and oxygen atoms in total. The van der Waals surface area contributed by atoms with E-state index in [0.29, 0.717) is 12.1 Å². The van der Waals surface area contributed by atoms with E-state index >= 15 is 0 Å². The zero-order chi connectivity index (χ0) is 13.1. The molecule has 0 bridgehead atoms. The predicted octanol–water partition coefficient (Wildman–Crippen LogP) is 2.74. The van der Waals surface area contributed by atoms with Gasteiger partial charge in [0.05, 0.1) is 12.1 Å². The molecule has 1 rings (SSSR count). The number of nitriles is 1. The van der Waals surface area contributed by atoms with Crippen LogP contribution in [-0.2, 0) is 5.41 Å². The second kappa shape index (κ2) is 5.24. The van der Waals surface area contributed by atoms with E-state index in [9.17, 15) is 8.78 Å². The fourth-order valence-electron chi connectivity index (χ4n) is 1.59. The van der Waals surface area contributed by atoms with E-state index in [1.807, 2.05) is 19.9 Å². The summed E-state index contributed by atoms with van der Waals surface area (Å²) in [4.78, 5) is 0. The van der Waals surface area contributed by atoms with Gasteiger partial charge in [0, 0.05) is 18.0 Å². The first kappa shape index (κ1) is 13.6. The van der Waals surface area contributed by atoms with Gasteiger partial charge >= 0.3 is 0 Å². The summed E-state index contributed by atoms with van der Waals surface area (Å²) in [5.74, 6) is -1.14. The van der Waals surface area contributed by atoms with Crippen LogP contribution in [0.5, 0.6) is 0 Å². The minimum absolute atomic E-state index is 0.294. The average Bonchev–Trinajstić information content (AvgIpc) is 2.25. The summed E-state index contributed by atoms with van der Waals surface area (Å²) in [5.41, 5.74) is -0.0559. The quantitative estimate of drug-likeness (QED) is 0.875. The van der Waals surface area contributed by atoms with Crippen LogP contribution in [-0.4, -0.2) is 12.6 Å². The summed E-state index contributed by atoms with van der Waals surface area (Å²) in [6.45, 7) is 5.88. The van der Waals surface area contributed by atoms with Crippen LogP contribution in [0.3, 0.4) is 0 Å². The number of nitrogens with one attached hydrogen (secondary N) is 1. The Morgan fingerprint density at radius 3 is 2.59 bits per heavy atom. The summed E-state index contributed by atoms with van der Waals surface area (Å²) in [7, 11) is 0. The molecule has 1 aromatic carbocycles. The largest absolute Gasteiger partial charge is 0.301 e. The van der Waals surface area contributed by atoms with Gasteiger partial charge in [-0.1, -0.05) is 19.9 Å². The van der Waals surface area contributed by atoms with Crippen LogP contribution < -0.4 is 5.32 Å². The number of halogens is 2. The molecule has 0 radical (unpaired) electrons. The van der Waals surface area contributed by atoms with Crippen molar-refractivity contribution in [3.05, 3.63) is 35.4 Å². The monoisotopic (exact) mass is 238 g/mol. The third kappa shape index (κ3) is 3.50. The molecular weight excluding hydrogens is 222 g/mol. The van der Waals surface area contributed by atoms with E-state index in [0.717, 1.165) is 6.07 Å². The molecule has 1 atom stereocenters. The highest BCUT2D eigenvalue weighted by molar-refractivity contribution is 5.26. The molecule has 0 spiro atoms. The Balaban J connectivity index is 2.86. The summed E-state index contributed by atoms with van der Waals surface area (Å²) in [6.07, 6.45) is 0. The molecule has 1 N–H and O–H groups in total. The highest BCUT2D eigenvalue weighted by atomic mass is 19.1. The molecule has 4 heteroatoms. The Hall–Kier alpha value is -1.47. The smallest absolute Gasteiger partial charge is 0.129 e. The lowest BCUT2D eigenvalue weighted by Crippen LogP contribution is -2.37. The van der Waals surface area contributed by atoms with Crippen molar-refractivity contribution in [2.45, 2.75) is 32.2 Å². The van der Waals surface area contributed by atoms with Gasteiger partial charge < -0.3 is 5.32 Å². The predicted molar refractivity (Wildman–Crippen MR) is 62.5 cm³/mol. The number of rotatable bonds is 4. The van der Waals surface area contributed by atoms with Crippen molar-refractivity contribution in [1.29, 1.82) is 5.26 Å². The van der Waals surface area contributed by atoms with Crippen molar-refractivity contribution in [3.8, 4) is 6.07 Å². The number of hydrogen-bond donors (Lipinski definition) is 1. The van der Waals surface area contributed by atoms with Gasteiger partial charge in [0.25, 0.3) is 0 Å². The van der Waals surface area contributed by atoms with Gasteiger partial charge in [0.15, 0.2) is 0 Å². The first-order valence-corrected chi connectivity index (χ1v) is 5.45. The number of hydrogen-bond acceptors (Lipinski definition) is 2. The molecule has 92 valence electrons. The van der Waals surface area contributed by atoms with E-state index in [4.69, 9.17) is 5.26 Å². The molecule has 0 fully saturated rings. The molecule has 0 heterocycles. The zero-order valence-electron chi connectivity index (χ0n) is 10.2. The van der Waals surface area contributed by atoms with Crippen LogP contribution >= 0.6 is 0 Å². The van der Waals surface area contributed by atoms with Gasteiger partial charge in [0.1, 0.15) is 11.6 Å². The van der Waals surface area contributed by atoms with Gasteiger partial charge in [-0.15, -0.1) is 0 Å². The van der Waals surface area contributed by atoms with Crippen LogP contribution in [0.4, 0.5) is 8.78 Å². The summed E-state index contributed by atoms with van der Waals surface area (Å²) in [5, 5.41) is 11.6. The Labute approximate surface area is 100 Å². The summed E-state index contributed by atoms with van der Waals surface area (Å²) < 4.78 is 26.4. The molecule has 1 unspecified atom stereocenters. The SMILES string of the molecule is CC(C#N)NCC(C)(C)c1ccc(F)cc1F. The average molecular weight is 238 g/mol. The van der Waals surface area contributed by atoms with Crippen molar-refractivity contribution >= 4 is 0 Å². The maximum Gasteiger partial charge on any atom is 0.129 e. The molecule has 0 aliphatic rings. The maximum atomic E-state index is 13.6. The van der Waals surface area contributed by atoms with Crippen LogP contribution in [0.2, 0.25) is 0 Å². The Morgan fingerprint density at radius 1 is 1.41 bits per heavy atom. The lowest BCUT2D eigenvalue weighted by Gasteiger charge is -2.26. The molecule has 0 aliphatic carbocycles. The van der Waals surface area contributed by atoms with Crippen molar-refractivity contribution < 1.29 is 8.78 Å². The molecule has 1 aromatic rings. The fraction of sp³-hybridized carbons (Fsp3) is 0.462. The van der Waals surface area contributed by atoms with E-state index < -0.39 is 17.0 Å². The molecule has 0 aliphatic heterocycles. The fourth-order valence-corrected chi connectivity index (χ4v) is 1.59. The Kier molecular flexibility index (Phi) is 4.19.